The van der Waals surface area contributed by atoms with Gasteiger partial charge in [-0.25, -0.2) is 8.78 Å². The third-order valence-corrected chi connectivity index (χ3v) is 3.68. The van der Waals surface area contributed by atoms with E-state index in [-0.39, 0.29) is 19.7 Å². The van der Waals surface area contributed by atoms with Crippen LogP contribution in [0.4, 0.5) is 17.6 Å². The maximum Gasteiger partial charge on any atom is 0.330 e. The minimum absolute atomic E-state index is 0.230. The first-order valence-corrected chi connectivity index (χ1v) is 7.29. The van der Waals surface area contributed by atoms with E-state index in [4.69, 9.17) is 9.47 Å². The second-order valence-corrected chi connectivity index (χ2v) is 5.63. The van der Waals surface area contributed by atoms with Crippen LogP contribution >= 0.6 is 0 Å². The standard InChI is InChI=1S/C13H20F4N2O4/c14-11(15)13(16,17)9-22-5-10(20)19-2-4-23-12(7-19)6-18-1-3-21-8-12/h11,18H,1-9H2. The number of halogens is 4. The minimum atomic E-state index is -4.26. The Morgan fingerprint density at radius 3 is 2.91 bits per heavy atom. The third kappa shape index (κ3) is 5.00. The zero-order chi connectivity index (χ0) is 16.9. The first-order chi connectivity index (χ1) is 10.8. The summed E-state index contributed by atoms with van der Waals surface area (Å²) in [4.78, 5) is 13.4. The Morgan fingerprint density at radius 2 is 2.17 bits per heavy atom. The maximum atomic E-state index is 12.7. The number of morpholine rings is 1. The molecule has 2 saturated heterocycles. The molecule has 1 atom stereocenters. The number of nitrogens with zero attached hydrogens (tertiary/aromatic N) is 1. The average Bonchev–Trinajstić information content (AvgIpc) is 2.72. The van der Waals surface area contributed by atoms with E-state index in [2.05, 4.69) is 10.1 Å². The third-order valence-electron chi connectivity index (χ3n) is 3.68. The number of rotatable bonds is 5. The molecule has 1 spiro atoms. The van der Waals surface area contributed by atoms with Crippen molar-refractivity contribution in [2.24, 2.45) is 0 Å². The molecule has 2 rings (SSSR count). The van der Waals surface area contributed by atoms with E-state index in [1.165, 1.54) is 4.90 Å². The quantitative estimate of drug-likeness (QED) is 0.718. The predicted octanol–water partition coefficient (Wildman–Crippen LogP) is 0.121. The fraction of sp³-hybridized carbons (Fsp3) is 0.923. The van der Waals surface area contributed by atoms with E-state index in [1.54, 1.807) is 0 Å². The molecule has 0 saturated carbocycles. The zero-order valence-corrected chi connectivity index (χ0v) is 12.5. The van der Waals surface area contributed by atoms with Crippen molar-refractivity contribution >= 4 is 5.91 Å². The SMILES string of the molecule is O=C(COCC(F)(F)C(F)F)N1CCOC2(CNCCOC2)C1. The van der Waals surface area contributed by atoms with Crippen LogP contribution < -0.4 is 5.32 Å². The number of ether oxygens (including phenoxy) is 3. The largest absolute Gasteiger partial charge is 0.377 e. The molecule has 2 aliphatic heterocycles. The van der Waals surface area contributed by atoms with Gasteiger partial charge in [0.05, 0.1) is 26.4 Å². The van der Waals surface area contributed by atoms with E-state index in [1.807, 2.05) is 0 Å². The van der Waals surface area contributed by atoms with Crippen LogP contribution in [-0.2, 0) is 19.0 Å². The highest BCUT2D eigenvalue weighted by Gasteiger charge is 2.42. The molecule has 0 aliphatic carbocycles. The average molecular weight is 344 g/mol. The van der Waals surface area contributed by atoms with Crippen LogP contribution in [0, 0.1) is 0 Å². The molecular weight excluding hydrogens is 324 g/mol. The highest BCUT2D eigenvalue weighted by molar-refractivity contribution is 5.77. The van der Waals surface area contributed by atoms with Crippen molar-refractivity contribution in [2.45, 2.75) is 17.9 Å². The molecule has 2 fully saturated rings. The van der Waals surface area contributed by atoms with Crippen LogP contribution in [0.3, 0.4) is 0 Å². The van der Waals surface area contributed by atoms with Gasteiger partial charge < -0.3 is 24.4 Å². The van der Waals surface area contributed by atoms with Crippen LogP contribution in [-0.4, -0.2) is 88.0 Å². The Labute approximate surface area is 131 Å². The molecule has 0 aromatic heterocycles. The lowest BCUT2D eigenvalue weighted by molar-refractivity contribution is -0.177. The van der Waals surface area contributed by atoms with Gasteiger partial charge in [0.15, 0.2) is 0 Å². The van der Waals surface area contributed by atoms with Crippen LogP contribution in [0.2, 0.25) is 0 Å². The zero-order valence-electron chi connectivity index (χ0n) is 12.5. The maximum absolute atomic E-state index is 12.7. The smallest absolute Gasteiger partial charge is 0.330 e. The summed E-state index contributed by atoms with van der Waals surface area (Å²) in [7, 11) is 0. The molecule has 1 N–H and O–H groups in total. The molecule has 1 amide bonds. The van der Waals surface area contributed by atoms with E-state index in [0.717, 1.165) is 0 Å². The fourth-order valence-electron chi connectivity index (χ4n) is 2.45. The van der Waals surface area contributed by atoms with E-state index in [0.29, 0.717) is 26.3 Å². The molecule has 23 heavy (non-hydrogen) atoms. The molecule has 2 aliphatic rings. The van der Waals surface area contributed by atoms with Gasteiger partial charge in [-0.2, -0.15) is 8.78 Å². The number of nitrogens with one attached hydrogen (secondary N) is 1. The molecule has 0 radical (unpaired) electrons. The second-order valence-electron chi connectivity index (χ2n) is 5.63. The number of amides is 1. The van der Waals surface area contributed by atoms with Gasteiger partial charge in [0, 0.05) is 19.6 Å². The van der Waals surface area contributed by atoms with Crippen LogP contribution in [0.15, 0.2) is 0 Å². The molecule has 10 heteroatoms. The summed E-state index contributed by atoms with van der Waals surface area (Å²) in [6.07, 6.45) is -3.82. The van der Waals surface area contributed by atoms with Crippen LogP contribution in [0.1, 0.15) is 0 Å². The summed E-state index contributed by atoms with van der Waals surface area (Å²) in [6.45, 7) is 0.654. The molecule has 1 unspecified atom stereocenters. The molecule has 2 heterocycles. The Bertz CT molecular complexity index is 403. The summed E-state index contributed by atoms with van der Waals surface area (Å²) in [6, 6.07) is 0. The van der Waals surface area contributed by atoms with Crippen molar-refractivity contribution in [2.75, 3.05) is 59.2 Å². The number of carbonyl (C=O) groups is 1. The lowest BCUT2D eigenvalue weighted by atomic mass is 10.0. The molecule has 0 aromatic rings. The molecule has 0 aromatic carbocycles. The van der Waals surface area contributed by atoms with Gasteiger partial charge in [0.1, 0.15) is 18.8 Å². The lowest BCUT2D eigenvalue weighted by Gasteiger charge is -2.41. The highest BCUT2D eigenvalue weighted by Crippen LogP contribution is 2.23. The minimum Gasteiger partial charge on any atom is -0.377 e. The number of carbonyl (C=O) groups excluding carboxylic acids is 1. The van der Waals surface area contributed by atoms with Gasteiger partial charge in [-0.1, -0.05) is 0 Å². The van der Waals surface area contributed by atoms with E-state index < -0.39 is 37.1 Å². The van der Waals surface area contributed by atoms with Crippen molar-refractivity contribution in [3.63, 3.8) is 0 Å². The van der Waals surface area contributed by atoms with Crippen molar-refractivity contribution in [1.82, 2.24) is 10.2 Å². The summed E-state index contributed by atoms with van der Waals surface area (Å²) in [5.41, 5.74) is -0.683. The Balaban J connectivity index is 1.82. The van der Waals surface area contributed by atoms with Crippen molar-refractivity contribution in [3.8, 4) is 0 Å². The number of hydrogen-bond donors (Lipinski definition) is 1. The molecule has 134 valence electrons. The van der Waals surface area contributed by atoms with Crippen LogP contribution in [0.25, 0.3) is 0 Å². The highest BCUT2D eigenvalue weighted by atomic mass is 19.3. The van der Waals surface area contributed by atoms with Gasteiger partial charge in [-0.3, -0.25) is 4.79 Å². The summed E-state index contributed by atoms with van der Waals surface area (Å²) in [5.74, 6) is -4.80. The Morgan fingerprint density at radius 1 is 1.39 bits per heavy atom. The number of alkyl halides is 4. The normalized spacial score (nSPS) is 26.6. The van der Waals surface area contributed by atoms with Gasteiger partial charge in [-0.05, 0) is 0 Å². The Kier molecular flexibility index (Phi) is 6.18. The van der Waals surface area contributed by atoms with Crippen molar-refractivity contribution in [1.29, 1.82) is 0 Å². The topological polar surface area (TPSA) is 60.0 Å². The molecular formula is C13H20F4N2O4. The number of hydrogen-bond acceptors (Lipinski definition) is 5. The summed E-state index contributed by atoms with van der Waals surface area (Å²) < 4.78 is 65.1. The first-order valence-electron chi connectivity index (χ1n) is 7.29. The summed E-state index contributed by atoms with van der Waals surface area (Å²) >= 11 is 0. The first kappa shape index (κ1) is 18.4. The van der Waals surface area contributed by atoms with Gasteiger partial charge in [0.2, 0.25) is 5.91 Å². The second kappa shape index (κ2) is 7.73. The lowest BCUT2D eigenvalue weighted by Crippen LogP contribution is -2.59. The Hall–Kier alpha value is -0.970. The van der Waals surface area contributed by atoms with Gasteiger partial charge >= 0.3 is 12.3 Å². The van der Waals surface area contributed by atoms with Crippen LogP contribution in [0.5, 0.6) is 0 Å². The van der Waals surface area contributed by atoms with Crippen molar-refractivity contribution < 1.29 is 36.6 Å². The molecule has 6 nitrogen and oxygen atoms in total. The van der Waals surface area contributed by atoms with E-state index >= 15 is 0 Å². The summed E-state index contributed by atoms with van der Waals surface area (Å²) in [5, 5.41) is 3.14. The van der Waals surface area contributed by atoms with Gasteiger partial charge in [-0.15, -0.1) is 0 Å². The predicted molar refractivity (Wildman–Crippen MR) is 70.7 cm³/mol. The fourth-order valence-corrected chi connectivity index (χ4v) is 2.45. The monoisotopic (exact) mass is 344 g/mol. The van der Waals surface area contributed by atoms with E-state index in [9.17, 15) is 22.4 Å². The van der Waals surface area contributed by atoms with Gasteiger partial charge in [0.25, 0.3) is 0 Å². The van der Waals surface area contributed by atoms with Crippen molar-refractivity contribution in [3.05, 3.63) is 0 Å². The molecule has 0 bridgehead atoms.